The van der Waals surface area contributed by atoms with Gasteiger partial charge in [0.2, 0.25) is 0 Å². The van der Waals surface area contributed by atoms with Crippen molar-refractivity contribution >= 4 is 28.7 Å². The van der Waals surface area contributed by atoms with Gasteiger partial charge in [0.25, 0.3) is 5.56 Å². The van der Waals surface area contributed by atoms with Gasteiger partial charge < -0.3 is 20.1 Å². The first-order valence-electron chi connectivity index (χ1n) is 5.74. The van der Waals surface area contributed by atoms with E-state index in [4.69, 9.17) is 9.84 Å². The Balaban J connectivity index is 2.46. The number of hydrogen-bond donors (Lipinski definition) is 4. The molecule has 1 fully saturated rings. The van der Waals surface area contributed by atoms with Gasteiger partial charge in [-0.25, -0.2) is 4.79 Å². The summed E-state index contributed by atoms with van der Waals surface area (Å²) in [4.78, 5) is 25.4. The van der Waals surface area contributed by atoms with Crippen LogP contribution in [0.1, 0.15) is 11.8 Å². The summed E-state index contributed by atoms with van der Waals surface area (Å²) in [5.41, 5.74) is -1.13. The number of halogens is 1. The average Bonchev–Trinajstić information content (AvgIpc) is 2.70. The molecular weight excluding hydrogens is 383 g/mol. The Hall–Kier alpha value is -1.01. The third-order valence-corrected chi connectivity index (χ3v) is 3.39. The van der Waals surface area contributed by atoms with Crippen molar-refractivity contribution in [2.24, 2.45) is 0 Å². The third kappa shape index (κ3) is 2.72. The molecular formula is C11H13IN2O6. The Morgan fingerprint density at radius 2 is 2.10 bits per heavy atom. The second-order valence-electron chi connectivity index (χ2n) is 4.27. The van der Waals surface area contributed by atoms with Gasteiger partial charge in [0, 0.05) is 6.20 Å². The van der Waals surface area contributed by atoms with Crippen molar-refractivity contribution in [3.8, 4) is 0 Å². The van der Waals surface area contributed by atoms with Gasteiger partial charge in [0.1, 0.15) is 18.3 Å². The molecule has 1 unspecified atom stereocenters. The minimum atomic E-state index is -1.38. The quantitative estimate of drug-likeness (QED) is 0.464. The van der Waals surface area contributed by atoms with Gasteiger partial charge >= 0.3 is 5.69 Å². The molecule has 2 rings (SSSR count). The fourth-order valence-corrected chi connectivity index (χ4v) is 2.37. The molecule has 0 saturated carbocycles. The van der Waals surface area contributed by atoms with Crippen molar-refractivity contribution in [2.75, 3.05) is 6.61 Å². The number of aliphatic hydroxyl groups is 3. The Bertz CT molecular complexity index is 624. The molecule has 0 spiro atoms. The number of nitrogens with zero attached hydrogens (tertiary/aromatic N) is 1. The van der Waals surface area contributed by atoms with Crippen LogP contribution in [0.4, 0.5) is 0 Å². The van der Waals surface area contributed by atoms with Crippen molar-refractivity contribution in [1.29, 1.82) is 0 Å². The normalized spacial score (nSPS) is 30.2. The number of aromatic amines is 1. The standard InChI is InChI=1S/C11H13IN2O6/c12-2-1-5-3-14(11(19)13-9(5)18)10-8(17)7(16)6(4-15)20-10/h1-3,6-8,10,15-17H,4H2,(H,13,18,19)/t6-,7-,8-,10?/m1/s1. The zero-order valence-corrected chi connectivity index (χ0v) is 12.3. The fraction of sp³-hybridized carbons (Fsp3) is 0.455. The Morgan fingerprint density at radius 3 is 2.65 bits per heavy atom. The van der Waals surface area contributed by atoms with Crippen LogP contribution >= 0.6 is 22.6 Å². The van der Waals surface area contributed by atoms with E-state index in [1.165, 1.54) is 12.3 Å². The number of aromatic nitrogens is 2. The Morgan fingerprint density at radius 1 is 1.40 bits per heavy atom. The minimum Gasteiger partial charge on any atom is -0.394 e. The van der Waals surface area contributed by atoms with Gasteiger partial charge in [0.05, 0.1) is 12.2 Å². The van der Waals surface area contributed by atoms with Gasteiger partial charge in [-0.05, 0) is 10.2 Å². The zero-order chi connectivity index (χ0) is 14.9. The first kappa shape index (κ1) is 15.4. The molecule has 4 N–H and O–H groups in total. The van der Waals surface area contributed by atoms with Crippen molar-refractivity contribution in [1.82, 2.24) is 9.55 Å². The van der Waals surface area contributed by atoms with Crippen LogP contribution in [0.2, 0.25) is 0 Å². The van der Waals surface area contributed by atoms with Crippen LogP contribution in [0.25, 0.3) is 6.08 Å². The monoisotopic (exact) mass is 396 g/mol. The first-order valence-corrected chi connectivity index (χ1v) is 6.99. The smallest absolute Gasteiger partial charge is 0.330 e. The van der Waals surface area contributed by atoms with Crippen LogP contribution in [-0.2, 0) is 4.74 Å². The number of rotatable bonds is 3. The summed E-state index contributed by atoms with van der Waals surface area (Å²) in [5, 5.41) is 28.6. The lowest BCUT2D eigenvalue weighted by atomic mass is 10.1. The number of ether oxygens (including phenoxy) is 1. The summed E-state index contributed by atoms with van der Waals surface area (Å²) < 4.78 is 7.81. The molecule has 9 heteroatoms. The van der Waals surface area contributed by atoms with E-state index in [-0.39, 0.29) is 5.56 Å². The highest BCUT2D eigenvalue weighted by atomic mass is 127. The maximum absolute atomic E-state index is 11.8. The minimum absolute atomic E-state index is 0.205. The van der Waals surface area contributed by atoms with Gasteiger partial charge in [-0.3, -0.25) is 14.3 Å². The largest absolute Gasteiger partial charge is 0.394 e. The number of hydrogen-bond acceptors (Lipinski definition) is 6. The van der Waals surface area contributed by atoms with Crippen molar-refractivity contribution in [2.45, 2.75) is 24.5 Å². The molecule has 1 aromatic heterocycles. The van der Waals surface area contributed by atoms with Crippen molar-refractivity contribution in [3.05, 3.63) is 36.7 Å². The lowest BCUT2D eigenvalue weighted by Gasteiger charge is -2.17. The summed E-state index contributed by atoms with van der Waals surface area (Å²) in [6.07, 6.45) is -2.14. The first-order chi connectivity index (χ1) is 9.49. The Labute approximate surface area is 126 Å². The van der Waals surface area contributed by atoms with Crippen LogP contribution in [0.3, 0.4) is 0 Å². The summed E-state index contributed by atoms with van der Waals surface area (Å²) in [7, 11) is 0. The SMILES string of the molecule is O=c1[nH]c(=O)n(C2O[C@H](CO)[C@@H](O)[C@H]2O)cc1C=CI. The summed E-state index contributed by atoms with van der Waals surface area (Å²) in [5.74, 6) is 0. The van der Waals surface area contributed by atoms with Crippen molar-refractivity contribution in [3.63, 3.8) is 0 Å². The second kappa shape index (κ2) is 6.18. The maximum Gasteiger partial charge on any atom is 0.330 e. The molecule has 110 valence electrons. The highest BCUT2D eigenvalue weighted by molar-refractivity contribution is 14.1. The second-order valence-corrected chi connectivity index (χ2v) is 4.99. The van der Waals surface area contributed by atoms with E-state index in [1.54, 1.807) is 4.08 Å². The number of H-pyrrole nitrogens is 1. The van der Waals surface area contributed by atoms with Gasteiger partial charge in [-0.15, -0.1) is 0 Å². The van der Waals surface area contributed by atoms with Crippen LogP contribution in [0.5, 0.6) is 0 Å². The summed E-state index contributed by atoms with van der Waals surface area (Å²) in [6.45, 7) is -0.493. The zero-order valence-electron chi connectivity index (χ0n) is 10.1. The lowest BCUT2D eigenvalue weighted by molar-refractivity contribution is -0.0550. The van der Waals surface area contributed by atoms with E-state index >= 15 is 0 Å². The molecule has 1 aliphatic rings. The molecule has 0 radical (unpaired) electrons. The van der Waals surface area contributed by atoms with E-state index < -0.39 is 42.4 Å². The molecule has 1 saturated heterocycles. The summed E-state index contributed by atoms with van der Waals surface area (Å²) >= 11 is 1.92. The molecule has 1 aromatic rings. The van der Waals surface area contributed by atoms with Crippen LogP contribution < -0.4 is 11.2 Å². The van der Waals surface area contributed by atoms with E-state index in [0.29, 0.717) is 0 Å². The van der Waals surface area contributed by atoms with Crippen molar-refractivity contribution < 1.29 is 20.1 Å². The Kier molecular flexibility index (Phi) is 4.75. The molecule has 1 aliphatic heterocycles. The van der Waals surface area contributed by atoms with E-state index in [0.717, 1.165) is 4.57 Å². The topological polar surface area (TPSA) is 125 Å². The molecule has 8 nitrogen and oxygen atoms in total. The molecule has 0 bridgehead atoms. The molecule has 20 heavy (non-hydrogen) atoms. The molecule has 4 atom stereocenters. The van der Waals surface area contributed by atoms with E-state index in [1.807, 2.05) is 22.6 Å². The predicted octanol–water partition coefficient (Wildman–Crippen LogP) is -1.45. The lowest BCUT2D eigenvalue weighted by Crippen LogP contribution is -2.38. The van der Waals surface area contributed by atoms with Crippen LogP contribution in [-0.4, -0.2) is 49.8 Å². The average molecular weight is 396 g/mol. The van der Waals surface area contributed by atoms with E-state index in [2.05, 4.69) is 4.98 Å². The fourth-order valence-electron chi connectivity index (χ4n) is 1.99. The predicted molar refractivity (Wildman–Crippen MR) is 77.4 cm³/mol. The van der Waals surface area contributed by atoms with Gasteiger partial charge in [-0.1, -0.05) is 22.6 Å². The number of nitrogens with one attached hydrogen (secondary N) is 1. The number of aliphatic hydroxyl groups excluding tert-OH is 3. The molecule has 2 heterocycles. The van der Waals surface area contributed by atoms with Crippen LogP contribution in [0.15, 0.2) is 19.9 Å². The third-order valence-electron chi connectivity index (χ3n) is 3.03. The highest BCUT2D eigenvalue weighted by Crippen LogP contribution is 2.27. The van der Waals surface area contributed by atoms with E-state index in [9.17, 15) is 19.8 Å². The molecule has 0 aliphatic carbocycles. The maximum atomic E-state index is 11.8. The van der Waals surface area contributed by atoms with Gasteiger partial charge in [0.15, 0.2) is 6.23 Å². The molecule has 0 amide bonds. The van der Waals surface area contributed by atoms with Crippen LogP contribution in [0, 0.1) is 0 Å². The molecule has 0 aromatic carbocycles. The highest BCUT2D eigenvalue weighted by Gasteiger charge is 2.43. The summed E-state index contributed by atoms with van der Waals surface area (Å²) in [6, 6.07) is 0. The van der Waals surface area contributed by atoms with Gasteiger partial charge in [-0.2, -0.15) is 0 Å².